The molecule has 1 rings (SSSR count). The van der Waals surface area contributed by atoms with E-state index in [4.69, 9.17) is 5.73 Å². The molecule has 0 saturated heterocycles. The summed E-state index contributed by atoms with van der Waals surface area (Å²) >= 11 is 1.34. The van der Waals surface area contributed by atoms with Gasteiger partial charge in [0.2, 0.25) is 5.91 Å². The second-order valence-corrected chi connectivity index (χ2v) is 6.13. The van der Waals surface area contributed by atoms with Crippen molar-refractivity contribution < 1.29 is 4.79 Å². The number of hydrogen-bond donors (Lipinski definition) is 3. The number of primary amides is 1. The normalized spacial score (nSPS) is 14.4. The number of aromatic nitrogens is 3. The van der Waals surface area contributed by atoms with E-state index in [0.29, 0.717) is 17.5 Å². The van der Waals surface area contributed by atoms with Crippen LogP contribution in [0.15, 0.2) is 9.95 Å². The van der Waals surface area contributed by atoms with Gasteiger partial charge >= 0.3 is 5.69 Å². The van der Waals surface area contributed by atoms with Crippen LogP contribution < -0.4 is 16.7 Å². The van der Waals surface area contributed by atoms with Crippen LogP contribution in [0.25, 0.3) is 0 Å². The molecule has 0 fully saturated rings. The highest BCUT2D eigenvalue weighted by atomic mass is 32.2. The quantitative estimate of drug-likeness (QED) is 0.606. The zero-order valence-electron chi connectivity index (χ0n) is 12.4. The molecule has 0 spiro atoms. The number of H-pyrrole nitrogens is 1. The van der Waals surface area contributed by atoms with E-state index >= 15 is 0 Å². The molecule has 0 aliphatic carbocycles. The molecule has 0 radical (unpaired) electrons. The van der Waals surface area contributed by atoms with Crippen LogP contribution in [0.3, 0.4) is 0 Å². The van der Waals surface area contributed by atoms with Crippen molar-refractivity contribution in [2.75, 3.05) is 12.3 Å². The Hall–Kier alpha value is -1.28. The lowest BCUT2D eigenvalue weighted by molar-refractivity contribution is -0.122. The van der Waals surface area contributed by atoms with E-state index in [1.54, 1.807) is 11.5 Å². The molecule has 20 heavy (non-hydrogen) atoms. The topological polar surface area (TPSA) is 106 Å². The summed E-state index contributed by atoms with van der Waals surface area (Å²) in [7, 11) is 0. The molecule has 0 aliphatic heterocycles. The van der Waals surface area contributed by atoms with Crippen LogP contribution >= 0.6 is 11.8 Å². The molecule has 1 aromatic rings. The van der Waals surface area contributed by atoms with E-state index in [9.17, 15) is 9.59 Å². The Morgan fingerprint density at radius 1 is 1.60 bits per heavy atom. The monoisotopic (exact) mass is 301 g/mol. The third kappa shape index (κ3) is 3.86. The first-order valence-corrected chi connectivity index (χ1v) is 7.65. The predicted molar refractivity (Wildman–Crippen MR) is 79.8 cm³/mol. The first kappa shape index (κ1) is 16.8. The maximum atomic E-state index is 11.6. The van der Waals surface area contributed by atoms with E-state index < -0.39 is 11.4 Å². The Morgan fingerprint density at radius 2 is 2.25 bits per heavy atom. The second-order valence-electron chi connectivity index (χ2n) is 5.19. The highest BCUT2D eigenvalue weighted by molar-refractivity contribution is 7.99. The number of nitrogens with zero attached hydrogens (tertiary/aromatic N) is 2. The minimum atomic E-state index is -0.822. The molecule has 114 valence electrons. The standard InChI is InChI=1S/C12H23N5O2S/c1-5-6-14-12(4,9(13)18)7-20-11-16-15-10(19)17(11)8(2)3/h8,14H,5-7H2,1-4H3,(H2,13,18)(H,15,19). The first-order valence-electron chi connectivity index (χ1n) is 6.66. The lowest BCUT2D eigenvalue weighted by Crippen LogP contribution is -2.55. The van der Waals surface area contributed by atoms with E-state index in [1.807, 2.05) is 20.8 Å². The Bertz CT molecular complexity index is 510. The van der Waals surface area contributed by atoms with Crippen molar-refractivity contribution in [1.29, 1.82) is 0 Å². The van der Waals surface area contributed by atoms with E-state index in [1.165, 1.54) is 11.8 Å². The Kier molecular flexibility index (Phi) is 5.82. The molecule has 0 aliphatic rings. The average Bonchev–Trinajstić information content (AvgIpc) is 2.75. The minimum absolute atomic E-state index is 0.00665. The van der Waals surface area contributed by atoms with E-state index in [0.717, 1.165) is 6.42 Å². The van der Waals surface area contributed by atoms with Gasteiger partial charge in [-0.15, -0.1) is 5.10 Å². The molecule has 1 atom stereocenters. The summed E-state index contributed by atoms with van der Waals surface area (Å²) in [4.78, 5) is 23.3. The van der Waals surface area contributed by atoms with Crippen LogP contribution in [-0.4, -0.2) is 38.5 Å². The highest BCUT2D eigenvalue weighted by Gasteiger charge is 2.31. The van der Waals surface area contributed by atoms with E-state index in [-0.39, 0.29) is 11.7 Å². The largest absolute Gasteiger partial charge is 0.368 e. The molecule has 4 N–H and O–H groups in total. The SMILES string of the molecule is CCCNC(C)(CSc1n[nH]c(=O)n1C(C)C)C(N)=O. The summed E-state index contributed by atoms with van der Waals surface area (Å²) in [6.07, 6.45) is 0.909. The van der Waals surface area contributed by atoms with Crippen molar-refractivity contribution in [3.05, 3.63) is 10.5 Å². The number of carbonyl (C=O) groups excluding carboxylic acids is 1. The van der Waals surface area contributed by atoms with Gasteiger partial charge in [0.1, 0.15) is 5.54 Å². The number of rotatable bonds is 8. The molecule has 1 amide bonds. The van der Waals surface area contributed by atoms with Gasteiger partial charge in [-0.05, 0) is 33.7 Å². The molecule has 7 nitrogen and oxygen atoms in total. The van der Waals surface area contributed by atoms with Crippen LogP contribution in [0.2, 0.25) is 0 Å². The Labute approximate surface area is 122 Å². The van der Waals surface area contributed by atoms with Crippen molar-refractivity contribution >= 4 is 17.7 Å². The van der Waals surface area contributed by atoms with Crippen LogP contribution in [0.4, 0.5) is 0 Å². The summed E-state index contributed by atoms with van der Waals surface area (Å²) in [5.41, 5.74) is 4.40. The number of aromatic amines is 1. The lowest BCUT2D eigenvalue weighted by Gasteiger charge is -2.26. The fourth-order valence-electron chi connectivity index (χ4n) is 1.67. The molecule has 1 heterocycles. The molecule has 0 aromatic carbocycles. The maximum Gasteiger partial charge on any atom is 0.344 e. The van der Waals surface area contributed by atoms with Crippen molar-refractivity contribution in [3.8, 4) is 0 Å². The Balaban J connectivity index is 2.83. The number of carbonyl (C=O) groups is 1. The molecule has 0 bridgehead atoms. The van der Waals surface area contributed by atoms with Gasteiger partial charge < -0.3 is 11.1 Å². The summed E-state index contributed by atoms with van der Waals surface area (Å²) < 4.78 is 1.56. The van der Waals surface area contributed by atoms with Gasteiger partial charge in [0, 0.05) is 11.8 Å². The van der Waals surface area contributed by atoms with Gasteiger partial charge in [-0.1, -0.05) is 18.7 Å². The molecule has 8 heteroatoms. The van der Waals surface area contributed by atoms with Crippen LogP contribution in [0.1, 0.15) is 40.2 Å². The molecule has 0 saturated carbocycles. The van der Waals surface area contributed by atoms with Crippen molar-refractivity contribution in [2.45, 2.75) is 50.9 Å². The zero-order valence-corrected chi connectivity index (χ0v) is 13.2. The average molecular weight is 301 g/mol. The van der Waals surface area contributed by atoms with Gasteiger partial charge in [0.15, 0.2) is 5.16 Å². The molecular formula is C12H23N5O2S. The van der Waals surface area contributed by atoms with Gasteiger partial charge in [-0.2, -0.15) is 0 Å². The summed E-state index contributed by atoms with van der Waals surface area (Å²) in [6, 6.07) is 0.00665. The van der Waals surface area contributed by atoms with Crippen molar-refractivity contribution in [1.82, 2.24) is 20.1 Å². The molecule has 1 unspecified atom stereocenters. The Morgan fingerprint density at radius 3 is 2.75 bits per heavy atom. The van der Waals surface area contributed by atoms with Gasteiger partial charge in [-0.25, -0.2) is 9.89 Å². The fraction of sp³-hybridized carbons (Fsp3) is 0.750. The van der Waals surface area contributed by atoms with Gasteiger partial charge in [0.25, 0.3) is 0 Å². The molecule has 1 aromatic heterocycles. The summed E-state index contributed by atoms with van der Waals surface area (Å²) in [6.45, 7) is 8.30. The summed E-state index contributed by atoms with van der Waals surface area (Å²) in [5, 5.41) is 10.1. The van der Waals surface area contributed by atoms with Crippen LogP contribution in [-0.2, 0) is 4.79 Å². The number of amides is 1. The van der Waals surface area contributed by atoms with Crippen LogP contribution in [0, 0.1) is 0 Å². The first-order chi connectivity index (χ1) is 9.31. The van der Waals surface area contributed by atoms with Crippen molar-refractivity contribution in [3.63, 3.8) is 0 Å². The fourth-order valence-corrected chi connectivity index (χ4v) is 2.87. The number of nitrogens with two attached hydrogens (primary N) is 1. The minimum Gasteiger partial charge on any atom is -0.368 e. The molecular weight excluding hydrogens is 278 g/mol. The number of nitrogens with one attached hydrogen (secondary N) is 2. The smallest absolute Gasteiger partial charge is 0.344 e. The maximum absolute atomic E-state index is 11.6. The lowest BCUT2D eigenvalue weighted by atomic mass is 10.1. The third-order valence-electron chi connectivity index (χ3n) is 2.99. The highest BCUT2D eigenvalue weighted by Crippen LogP contribution is 2.21. The van der Waals surface area contributed by atoms with Crippen LogP contribution in [0.5, 0.6) is 0 Å². The predicted octanol–water partition coefficient (Wildman–Crippen LogP) is 0.488. The van der Waals surface area contributed by atoms with Crippen molar-refractivity contribution in [2.24, 2.45) is 5.73 Å². The number of hydrogen-bond acceptors (Lipinski definition) is 5. The third-order valence-corrected chi connectivity index (χ3v) is 4.26. The second kappa shape index (κ2) is 6.94. The number of thioether (sulfide) groups is 1. The van der Waals surface area contributed by atoms with Gasteiger partial charge in [-0.3, -0.25) is 9.36 Å². The zero-order chi connectivity index (χ0) is 15.3. The van der Waals surface area contributed by atoms with Gasteiger partial charge in [0.05, 0.1) is 0 Å². The van der Waals surface area contributed by atoms with E-state index in [2.05, 4.69) is 15.5 Å². The summed E-state index contributed by atoms with van der Waals surface area (Å²) in [5.74, 6) is 0.00623.